The van der Waals surface area contributed by atoms with Crippen LogP contribution >= 0.6 is 0 Å². The van der Waals surface area contributed by atoms with Crippen LogP contribution in [0.5, 0.6) is 0 Å². The van der Waals surface area contributed by atoms with Crippen LogP contribution in [0.25, 0.3) is 0 Å². The van der Waals surface area contributed by atoms with Crippen molar-refractivity contribution in [2.24, 2.45) is 0 Å². The molecule has 3 unspecified atom stereocenters. The fraction of sp³-hybridized carbons (Fsp3) is 0.754. The van der Waals surface area contributed by atoms with Gasteiger partial charge in [-0.15, -0.1) is 0 Å². The minimum atomic E-state index is -0.824. The lowest BCUT2D eigenvalue weighted by Gasteiger charge is -2.23. The van der Waals surface area contributed by atoms with Crippen LogP contribution in [0.4, 0.5) is 0 Å². The van der Waals surface area contributed by atoms with Crippen molar-refractivity contribution in [3.8, 4) is 0 Å². The van der Waals surface area contributed by atoms with Gasteiger partial charge in [0.05, 0.1) is 25.2 Å². The summed E-state index contributed by atoms with van der Waals surface area (Å²) in [5.74, 6) is -0.646. The minimum Gasteiger partial charge on any atom is -0.458 e. The average molecular weight is 880 g/mol. The third kappa shape index (κ3) is 45.7. The van der Waals surface area contributed by atoms with Gasteiger partial charge in [-0.2, -0.15) is 0 Å². The summed E-state index contributed by atoms with van der Waals surface area (Å²) in [6.07, 6.45) is 64.2. The largest absolute Gasteiger partial charge is 0.458 e. The Morgan fingerprint density at radius 3 is 1.33 bits per heavy atom. The number of rotatable bonds is 47. The van der Waals surface area contributed by atoms with Crippen molar-refractivity contribution in [1.82, 2.24) is 5.32 Å². The Kier molecular flexibility index (Phi) is 48.1. The van der Waals surface area contributed by atoms with Gasteiger partial charge in [0, 0.05) is 6.42 Å². The van der Waals surface area contributed by atoms with Crippen LogP contribution in [-0.2, 0) is 14.3 Å². The first-order valence-electron chi connectivity index (χ1n) is 26.7. The molecule has 6 nitrogen and oxygen atoms in total. The summed E-state index contributed by atoms with van der Waals surface area (Å²) in [5, 5.41) is 23.7. The number of carbonyl (C=O) groups is 2. The van der Waals surface area contributed by atoms with Crippen molar-refractivity contribution in [1.29, 1.82) is 0 Å². The van der Waals surface area contributed by atoms with E-state index in [-0.39, 0.29) is 24.9 Å². The molecule has 0 aromatic heterocycles. The number of carbonyl (C=O) groups excluding carboxylic acids is 2. The zero-order chi connectivity index (χ0) is 45.9. The van der Waals surface area contributed by atoms with Gasteiger partial charge >= 0.3 is 5.97 Å². The maximum Gasteiger partial charge on any atom is 0.306 e. The molecule has 1 amide bonds. The summed E-state index contributed by atoms with van der Waals surface area (Å²) in [5.41, 5.74) is 0. The molecule has 364 valence electrons. The lowest BCUT2D eigenvalue weighted by molar-refractivity contribution is -0.148. The third-order valence-corrected chi connectivity index (χ3v) is 11.8. The van der Waals surface area contributed by atoms with E-state index in [0.717, 1.165) is 77.0 Å². The SMILES string of the molecule is CC/C=C/C/C=C/C/C=C/C/C=C/C/C=C/C(CC(=O)NC(CO)C(O)CCCCCCCCCCCCCCCCCC)OC(=O)CCCCC/C=C\CCCCCCCCC. The molecule has 0 rings (SSSR count). The van der Waals surface area contributed by atoms with Crippen LogP contribution in [0.15, 0.2) is 72.9 Å². The second kappa shape index (κ2) is 50.3. The number of allylic oxidation sites excluding steroid dienone is 11. The van der Waals surface area contributed by atoms with Crippen molar-refractivity contribution < 1.29 is 24.5 Å². The zero-order valence-electron chi connectivity index (χ0n) is 41.4. The van der Waals surface area contributed by atoms with Crippen LogP contribution < -0.4 is 5.32 Å². The second-order valence-electron chi connectivity index (χ2n) is 17.9. The normalized spacial score (nSPS) is 13.8. The molecule has 0 radical (unpaired) electrons. The predicted octanol–water partition coefficient (Wildman–Crippen LogP) is 16.2. The quantitative estimate of drug-likeness (QED) is 0.0321. The van der Waals surface area contributed by atoms with Crippen LogP contribution in [0, 0.1) is 0 Å². The Morgan fingerprint density at radius 1 is 0.492 bits per heavy atom. The Hall–Kier alpha value is -2.70. The summed E-state index contributed by atoms with van der Waals surface area (Å²) >= 11 is 0. The average Bonchev–Trinajstić information content (AvgIpc) is 3.28. The molecular weight excluding hydrogens is 779 g/mol. The second-order valence-corrected chi connectivity index (χ2v) is 17.9. The number of nitrogens with one attached hydrogen (secondary N) is 1. The first-order chi connectivity index (χ1) is 31.0. The number of aliphatic hydroxyl groups excluding tert-OH is 2. The third-order valence-electron chi connectivity index (χ3n) is 11.8. The van der Waals surface area contributed by atoms with Gasteiger partial charge in [0.25, 0.3) is 0 Å². The lowest BCUT2D eigenvalue weighted by Crippen LogP contribution is -2.46. The van der Waals surface area contributed by atoms with Crippen molar-refractivity contribution in [3.05, 3.63) is 72.9 Å². The monoisotopic (exact) mass is 880 g/mol. The standard InChI is InChI=1S/C57H101NO5/c1-4-7-10-13-16-19-22-25-28-29-31-34-37-40-43-46-49-55(60)54(52-59)58-56(61)51-53(48-45-42-39-36-33-30-26-23-20-17-14-11-8-5-2)63-57(62)50-47-44-41-38-35-32-27-24-21-18-15-12-9-6-3/h8,11,17,20,26,30,32,35-36,39,45,48,53-55,59-60H,4-7,9-10,12-16,18-19,21-25,27-29,31,33-34,37-38,40-44,46-47,49-52H2,1-3H3,(H,58,61)/b11-8+,20-17+,30-26+,35-32-,39-36+,48-45+. The zero-order valence-corrected chi connectivity index (χ0v) is 41.4. The molecule has 6 heteroatoms. The van der Waals surface area contributed by atoms with E-state index in [4.69, 9.17) is 4.74 Å². The van der Waals surface area contributed by atoms with Gasteiger partial charge in [0.1, 0.15) is 6.10 Å². The molecule has 0 aliphatic rings. The van der Waals surface area contributed by atoms with Gasteiger partial charge in [-0.1, -0.05) is 235 Å². The van der Waals surface area contributed by atoms with Crippen LogP contribution in [-0.4, -0.2) is 46.9 Å². The van der Waals surface area contributed by atoms with Gasteiger partial charge in [-0.25, -0.2) is 0 Å². The smallest absolute Gasteiger partial charge is 0.306 e. The maximum atomic E-state index is 13.2. The summed E-state index contributed by atoms with van der Waals surface area (Å²) in [7, 11) is 0. The van der Waals surface area contributed by atoms with Gasteiger partial charge in [0.15, 0.2) is 0 Å². The predicted molar refractivity (Wildman–Crippen MR) is 273 cm³/mol. The van der Waals surface area contributed by atoms with Crippen molar-refractivity contribution in [2.45, 2.75) is 270 Å². The van der Waals surface area contributed by atoms with Gasteiger partial charge in [-0.3, -0.25) is 9.59 Å². The molecule has 0 saturated carbocycles. The maximum absolute atomic E-state index is 13.2. The number of unbranched alkanes of at least 4 members (excludes halogenated alkanes) is 25. The number of aliphatic hydroxyl groups is 2. The molecule has 0 aliphatic carbocycles. The van der Waals surface area contributed by atoms with E-state index in [9.17, 15) is 19.8 Å². The summed E-state index contributed by atoms with van der Waals surface area (Å²) in [6, 6.07) is -0.747. The molecule has 0 fully saturated rings. The summed E-state index contributed by atoms with van der Waals surface area (Å²) in [4.78, 5) is 26.1. The molecular formula is C57H101NO5. The van der Waals surface area contributed by atoms with Crippen molar-refractivity contribution in [2.75, 3.05) is 6.61 Å². The minimum absolute atomic E-state index is 0.0533. The van der Waals surface area contributed by atoms with E-state index >= 15 is 0 Å². The van der Waals surface area contributed by atoms with Gasteiger partial charge in [-0.05, 0) is 76.7 Å². The summed E-state index contributed by atoms with van der Waals surface area (Å²) in [6.45, 7) is 6.33. The molecule has 0 aromatic rings. The first-order valence-corrected chi connectivity index (χ1v) is 26.7. The van der Waals surface area contributed by atoms with Crippen LogP contribution in [0.1, 0.15) is 252 Å². The molecule has 63 heavy (non-hydrogen) atoms. The van der Waals surface area contributed by atoms with Crippen molar-refractivity contribution in [3.63, 3.8) is 0 Å². The Labute approximate surface area is 390 Å². The molecule has 0 aliphatic heterocycles. The molecule has 0 spiro atoms. The van der Waals surface area contributed by atoms with Gasteiger partial charge in [0.2, 0.25) is 5.91 Å². The Balaban J connectivity index is 4.69. The number of hydrogen-bond donors (Lipinski definition) is 3. The lowest BCUT2D eigenvalue weighted by atomic mass is 10.0. The molecule has 0 aromatic carbocycles. The molecule has 0 saturated heterocycles. The topological polar surface area (TPSA) is 95.9 Å². The fourth-order valence-electron chi connectivity index (χ4n) is 7.74. The van der Waals surface area contributed by atoms with Crippen LogP contribution in [0.3, 0.4) is 0 Å². The number of esters is 1. The highest BCUT2D eigenvalue weighted by Gasteiger charge is 2.23. The molecule has 3 atom stereocenters. The van der Waals surface area contributed by atoms with E-state index in [2.05, 4.69) is 86.8 Å². The van der Waals surface area contributed by atoms with E-state index in [1.807, 2.05) is 6.08 Å². The molecule has 0 bridgehead atoms. The van der Waals surface area contributed by atoms with Crippen molar-refractivity contribution >= 4 is 11.9 Å². The number of amides is 1. The van der Waals surface area contributed by atoms with Gasteiger partial charge < -0.3 is 20.3 Å². The highest BCUT2D eigenvalue weighted by Crippen LogP contribution is 2.16. The first kappa shape index (κ1) is 60.3. The van der Waals surface area contributed by atoms with E-state index in [1.54, 1.807) is 6.08 Å². The number of hydrogen-bond acceptors (Lipinski definition) is 5. The Morgan fingerprint density at radius 2 is 0.889 bits per heavy atom. The highest BCUT2D eigenvalue weighted by molar-refractivity contribution is 5.78. The molecule has 3 N–H and O–H groups in total. The number of ether oxygens (including phenoxy) is 1. The van der Waals surface area contributed by atoms with E-state index in [0.29, 0.717) is 19.3 Å². The molecule has 0 heterocycles. The Bertz CT molecular complexity index is 1170. The fourth-order valence-corrected chi connectivity index (χ4v) is 7.74. The van der Waals surface area contributed by atoms with Crippen LogP contribution in [0.2, 0.25) is 0 Å². The summed E-state index contributed by atoms with van der Waals surface area (Å²) < 4.78 is 5.82. The van der Waals surface area contributed by atoms with E-state index in [1.165, 1.54) is 128 Å². The highest BCUT2D eigenvalue weighted by atomic mass is 16.5. The van der Waals surface area contributed by atoms with E-state index < -0.39 is 18.2 Å².